The molecular formula is C21H17BrClN5O8. The van der Waals surface area contributed by atoms with E-state index in [0.29, 0.717) is 20.4 Å². The number of aliphatic hydroxyl groups is 3. The third kappa shape index (κ3) is 4.66. The molecule has 5 atom stereocenters. The Kier molecular flexibility index (Phi) is 7.29. The van der Waals surface area contributed by atoms with Crippen molar-refractivity contribution in [2.45, 2.75) is 30.4 Å². The van der Waals surface area contributed by atoms with Crippen molar-refractivity contribution in [2.24, 2.45) is 0 Å². The van der Waals surface area contributed by atoms with Crippen LogP contribution >= 0.6 is 27.5 Å². The van der Waals surface area contributed by atoms with Crippen LogP contribution in [0.4, 0.5) is 0 Å². The van der Waals surface area contributed by atoms with E-state index in [1.54, 1.807) is 6.07 Å². The molecule has 0 radical (unpaired) electrons. The summed E-state index contributed by atoms with van der Waals surface area (Å²) in [6, 6.07) is 3.79. The highest BCUT2D eigenvalue weighted by Crippen LogP contribution is 2.35. The summed E-state index contributed by atoms with van der Waals surface area (Å²) < 4.78 is 11.9. The number of rotatable bonds is 7. The minimum absolute atomic E-state index is 0.00915. The molecule has 3 heterocycles. The van der Waals surface area contributed by atoms with Crippen molar-refractivity contribution in [1.29, 1.82) is 5.26 Å². The first kappa shape index (κ1) is 25.6. The van der Waals surface area contributed by atoms with Crippen molar-refractivity contribution in [3.8, 4) is 6.07 Å². The average molecular weight is 583 g/mol. The van der Waals surface area contributed by atoms with E-state index >= 15 is 0 Å². The fraction of sp³-hybridized carbons (Fsp3) is 0.286. The number of hydrogen-bond acceptors (Lipinski definition) is 10. The largest absolute Gasteiger partial charge is 0.478 e. The zero-order valence-corrected chi connectivity index (χ0v) is 20.3. The van der Waals surface area contributed by atoms with Gasteiger partial charge in [0, 0.05) is 15.9 Å². The first-order valence-electron chi connectivity index (χ1n) is 10.2. The molecule has 0 fully saturated rings. The van der Waals surface area contributed by atoms with Crippen LogP contribution in [0.5, 0.6) is 0 Å². The summed E-state index contributed by atoms with van der Waals surface area (Å²) in [4.78, 5) is 24.7. The van der Waals surface area contributed by atoms with E-state index < -0.39 is 54.6 Å². The molecule has 5 N–H and O–H groups in total. The summed E-state index contributed by atoms with van der Waals surface area (Å²) in [6.45, 7) is -0.887. The van der Waals surface area contributed by atoms with Crippen molar-refractivity contribution >= 4 is 50.3 Å². The molecule has 15 heteroatoms. The van der Waals surface area contributed by atoms with Gasteiger partial charge in [-0.3, -0.25) is 4.79 Å². The summed E-state index contributed by atoms with van der Waals surface area (Å²) >= 11 is 9.45. The van der Waals surface area contributed by atoms with Crippen molar-refractivity contribution in [3.05, 3.63) is 57.2 Å². The number of amides is 1. The summed E-state index contributed by atoms with van der Waals surface area (Å²) in [7, 11) is 0. The lowest BCUT2D eigenvalue weighted by Crippen LogP contribution is -2.58. The average Bonchev–Trinajstić information content (AvgIpc) is 3.51. The van der Waals surface area contributed by atoms with Crippen LogP contribution in [-0.2, 0) is 9.53 Å². The van der Waals surface area contributed by atoms with Crippen molar-refractivity contribution < 1.29 is 39.3 Å². The van der Waals surface area contributed by atoms with E-state index in [9.17, 15) is 35.3 Å². The minimum Gasteiger partial charge on any atom is -0.478 e. The molecule has 188 valence electrons. The molecule has 0 saturated heterocycles. The standard InChI is InChI=1S/C21H17BrClN5O8/c22-9-3-8-11(4-10(9)23)27-28(13(8)6-24)12-5-16(21(33)34)35-19(18(31)14(30)7-29)17(12)26-20(32)15-1-2-25-36-15/h1-5,12,14,17-19,29-31H,7H2,(H,26,32)(H,33,34)/t12-,14+,17+,18+,19+/m0/s1. The third-order valence-electron chi connectivity index (χ3n) is 5.52. The molecule has 0 unspecified atom stereocenters. The van der Waals surface area contributed by atoms with Gasteiger partial charge in [0.2, 0.25) is 11.5 Å². The zero-order chi connectivity index (χ0) is 26.1. The quantitative estimate of drug-likeness (QED) is 0.263. The predicted octanol–water partition coefficient (Wildman–Crippen LogP) is 0.733. The fourth-order valence-electron chi connectivity index (χ4n) is 3.81. The van der Waals surface area contributed by atoms with Gasteiger partial charge in [0.05, 0.1) is 35.4 Å². The van der Waals surface area contributed by atoms with Crippen molar-refractivity contribution in [1.82, 2.24) is 20.3 Å². The first-order valence-corrected chi connectivity index (χ1v) is 11.4. The Bertz CT molecular complexity index is 1390. The van der Waals surface area contributed by atoms with Gasteiger partial charge in [-0.15, -0.1) is 0 Å². The molecule has 36 heavy (non-hydrogen) atoms. The van der Waals surface area contributed by atoms with Crippen LogP contribution in [0.1, 0.15) is 22.3 Å². The number of nitriles is 1. The molecule has 2 aromatic heterocycles. The van der Waals surface area contributed by atoms with Gasteiger partial charge in [0.15, 0.2) is 0 Å². The molecular weight excluding hydrogens is 566 g/mol. The number of fused-ring (bicyclic) bond motifs is 1. The maximum Gasteiger partial charge on any atom is 0.370 e. The monoisotopic (exact) mass is 581 g/mol. The number of aliphatic carboxylic acids is 1. The minimum atomic E-state index is -1.86. The number of carbonyl (C=O) groups excluding carboxylic acids is 1. The van der Waals surface area contributed by atoms with E-state index in [4.69, 9.17) is 20.9 Å². The van der Waals surface area contributed by atoms with E-state index in [0.717, 1.165) is 10.8 Å². The number of ether oxygens (including phenoxy) is 1. The lowest BCUT2D eigenvalue weighted by atomic mass is 9.91. The molecule has 13 nitrogen and oxygen atoms in total. The molecule has 0 spiro atoms. The molecule has 3 aromatic rings. The normalized spacial score (nSPS) is 21.2. The Morgan fingerprint density at radius 1 is 1.36 bits per heavy atom. The molecule has 4 rings (SSSR count). The zero-order valence-electron chi connectivity index (χ0n) is 17.9. The van der Waals surface area contributed by atoms with E-state index in [1.807, 2.05) is 6.07 Å². The number of halogens is 2. The molecule has 0 bridgehead atoms. The molecule has 1 aliphatic rings. The van der Waals surface area contributed by atoms with Crippen LogP contribution in [0.2, 0.25) is 5.02 Å². The van der Waals surface area contributed by atoms with Gasteiger partial charge >= 0.3 is 5.97 Å². The lowest BCUT2D eigenvalue weighted by molar-refractivity contribution is -0.145. The van der Waals surface area contributed by atoms with Crippen LogP contribution in [0.25, 0.3) is 10.9 Å². The van der Waals surface area contributed by atoms with Gasteiger partial charge in [-0.2, -0.15) is 10.4 Å². The van der Waals surface area contributed by atoms with E-state index in [-0.39, 0.29) is 11.5 Å². The Balaban J connectivity index is 1.91. The molecule has 1 amide bonds. The smallest absolute Gasteiger partial charge is 0.370 e. The fourth-order valence-corrected chi connectivity index (χ4v) is 4.32. The van der Waals surface area contributed by atoms with Gasteiger partial charge in [0.25, 0.3) is 5.91 Å². The Labute approximate surface area is 215 Å². The third-order valence-corrected chi connectivity index (χ3v) is 6.72. The van der Waals surface area contributed by atoms with Gasteiger partial charge in [-0.1, -0.05) is 16.8 Å². The lowest BCUT2D eigenvalue weighted by Gasteiger charge is -2.39. The number of hydrogen-bond donors (Lipinski definition) is 5. The number of carbonyl (C=O) groups is 2. The Morgan fingerprint density at radius 3 is 2.72 bits per heavy atom. The molecule has 0 aliphatic carbocycles. The number of carboxylic acid groups (broad SMARTS) is 1. The topological polar surface area (TPSA) is 204 Å². The Morgan fingerprint density at radius 2 is 2.11 bits per heavy atom. The van der Waals surface area contributed by atoms with Crippen LogP contribution in [0.3, 0.4) is 0 Å². The van der Waals surface area contributed by atoms with Gasteiger partial charge in [0.1, 0.15) is 30.1 Å². The van der Waals surface area contributed by atoms with E-state index in [2.05, 4.69) is 31.5 Å². The first-order chi connectivity index (χ1) is 17.2. The number of aliphatic hydroxyl groups excluding tert-OH is 3. The van der Waals surface area contributed by atoms with Crippen LogP contribution in [0.15, 0.2) is 45.2 Å². The highest BCUT2D eigenvalue weighted by molar-refractivity contribution is 9.10. The van der Waals surface area contributed by atoms with Crippen LogP contribution in [0, 0.1) is 11.3 Å². The maximum atomic E-state index is 12.8. The SMILES string of the molecule is N#Cc1c2cc(Br)c(Cl)cc2nn1[C@H]1C=C(C(=O)O)O[C@@H]([C@H](O)[C@H](O)CO)[C@@H]1NC(=O)c1ccno1. The second-order valence-corrected chi connectivity index (χ2v) is 8.98. The number of nitrogens with one attached hydrogen (secondary N) is 1. The Hall–Kier alpha value is -3.48. The highest BCUT2D eigenvalue weighted by Gasteiger charge is 2.46. The molecule has 1 aromatic carbocycles. The summed E-state index contributed by atoms with van der Waals surface area (Å²) in [5.74, 6) is -3.17. The number of carboxylic acids is 1. The summed E-state index contributed by atoms with van der Waals surface area (Å²) in [5.41, 5.74) is 0.287. The number of benzene rings is 1. The predicted molar refractivity (Wildman–Crippen MR) is 124 cm³/mol. The highest BCUT2D eigenvalue weighted by atomic mass is 79.9. The number of aromatic nitrogens is 3. The van der Waals surface area contributed by atoms with Crippen LogP contribution in [-0.4, -0.2) is 78.2 Å². The second kappa shape index (κ2) is 10.2. The van der Waals surface area contributed by atoms with Gasteiger partial charge in [-0.25, -0.2) is 9.48 Å². The molecule has 1 aliphatic heterocycles. The van der Waals surface area contributed by atoms with Crippen molar-refractivity contribution in [2.75, 3.05) is 6.61 Å². The summed E-state index contributed by atoms with van der Waals surface area (Å²) in [5, 5.41) is 60.8. The maximum absolute atomic E-state index is 12.8. The van der Waals surface area contributed by atoms with Gasteiger partial charge < -0.3 is 35.0 Å². The second-order valence-electron chi connectivity index (χ2n) is 7.71. The summed E-state index contributed by atoms with van der Waals surface area (Å²) in [6.07, 6.45) is -2.89. The van der Waals surface area contributed by atoms with E-state index in [1.165, 1.54) is 18.3 Å². The van der Waals surface area contributed by atoms with Crippen LogP contribution < -0.4 is 5.32 Å². The van der Waals surface area contributed by atoms with Gasteiger partial charge in [-0.05, 0) is 34.1 Å². The van der Waals surface area contributed by atoms with Crippen molar-refractivity contribution in [3.63, 3.8) is 0 Å². The number of nitrogens with zero attached hydrogens (tertiary/aromatic N) is 4. The molecule has 0 saturated carbocycles.